The highest BCUT2D eigenvalue weighted by atomic mass is 32.2. The van der Waals surface area contributed by atoms with E-state index in [9.17, 15) is 4.79 Å². The molecule has 2 unspecified atom stereocenters. The van der Waals surface area contributed by atoms with Gasteiger partial charge in [0.25, 0.3) is 5.56 Å². The fourth-order valence-electron chi connectivity index (χ4n) is 1.90. The van der Waals surface area contributed by atoms with Crippen molar-refractivity contribution in [1.29, 1.82) is 0 Å². The topological polar surface area (TPSA) is 84.9 Å². The molecule has 5 nitrogen and oxygen atoms in total. The molecule has 2 rings (SSSR count). The van der Waals surface area contributed by atoms with Crippen LogP contribution in [0.4, 0.5) is 0 Å². The van der Waals surface area contributed by atoms with Crippen molar-refractivity contribution in [2.75, 3.05) is 0 Å². The first-order valence-electron chi connectivity index (χ1n) is 6.56. The first-order chi connectivity index (χ1) is 9.49. The number of thioether (sulfide) groups is 1. The third kappa shape index (κ3) is 3.52. The molecule has 2 aromatic heterocycles. The minimum Gasteiger partial charge on any atom is -0.465 e. The molecule has 0 amide bonds. The lowest BCUT2D eigenvalue weighted by Gasteiger charge is -2.19. The molecule has 3 N–H and O–H groups in total. The van der Waals surface area contributed by atoms with Crippen molar-refractivity contribution in [3.8, 4) is 0 Å². The summed E-state index contributed by atoms with van der Waals surface area (Å²) in [5.41, 5.74) is 6.72. The Morgan fingerprint density at radius 2 is 2.20 bits per heavy atom. The summed E-state index contributed by atoms with van der Waals surface area (Å²) in [5.74, 6) is 1.66. The van der Waals surface area contributed by atoms with Gasteiger partial charge < -0.3 is 15.1 Å². The summed E-state index contributed by atoms with van der Waals surface area (Å²) in [4.78, 5) is 18.6. The van der Waals surface area contributed by atoms with Crippen LogP contribution in [0.3, 0.4) is 0 Å². The maximum atomic E-state index is 11.5. The molecule has 0 aliphatic rings. The van der Waals surface area contributed by atoms with Gasteiger partial charge in [0.15, 0.2) is 5.16 Å². The Labute approximate surface area is 122 Å². The van der Waals surface area contributed by atoms with Gasteiger partial charge in [-0.2, -0.15) is 0 Å². The van der Waals surface area contributed by atoms with Crippen LogP contribution in [0, 0.1) is 13.8 Å². The van der Waals surface area contributed by atoms with Gasteiger partial charge in [-0.1, -0.05) is 18.7 Å². The Bertz CT molecular complexity index is 635. The molecule has 0 aliphatic carbocycles. The van der Waals surface area contributed by atoms with Gasteiger partial charge in [0.1, 0.15) is 11.5 Å². The van der Waals surface area contributed by atoms with Crippen LogP contribution < -0.4 is 11.3 Å². The second kappa shape index (κ2) is 6.28. The van der Waals surface area contributed by atoms with Crippen molar-refractivity contribution in [3.05, 3.63) is 45.8 Å². The van der Waals surface area contributed by atoms with Gasteiger partial charge in [0.2, 0.25) is 0 Å². The molecule has 0 saturated carbocycles. The van der Waals surface area contributed by atoms with E-state index in [2.05, 4.69) is 9.97 Å². The standard InChI is InChI=1S/C14H19N3O2S/c1-4-10(15)13(11-6-5-9(3)19-11)20-14-16-8(2)7-12(18)17-14/h5-7,10,13H,4,15H2,1-3H3,(H,16,17,18). The highest BCUT2D eigenvalue weighted by Crippen LogP contribution is 2.36. The fraction of sp³-hybridized carbons (Fsp3) is 0.429. The lowest BCUT2D eigenvalue weighted by Crippen LogP contribution is -2.26. The molecule has 6 heteroatoms. The molecule has 0 radical (unpaired) electrons. The zero-order valence-corrected chi connectivity index (χ0v) is 12.7. The minimum absolute atomic E-state index is 0.0707. The van der Waals surface area contributed by atoms with Gasteiger partial charge in [-0.15, -0.1) is 0 Å². The van der Waals surface area contributed by atoms with Crippen molar-refractivity contribution in [2.45, 2.75) is 43.6 Å². The van der Waals surface area contributed by atoms with Gasteiger partial charge in [-0.05, 0) is 32.4 Å². The number of furan rings is 1. The third-order valence-corrected chi connectivity index (χ3v) is 4.24. The summed E-state index contributed by atoms with van der Waals surface area (Å²) < 4.78 is 5.68. The van der Waals surface area contributed by atoms with E-state index < -0.39 is 0 Å². The SMILES string of the molecule is CCC(N)C(Sc1nc(C)cc(=O)[nH]1)c1ccc(C)o1. The van der Waals surface area contributed by atoms with E-state index in [-0.39, 0.29) is 16.9 Å². The molecule has 108 valence electrons. The monoisotopic (exact) mass is 293 g/mol. The first kappa shape index (κ1) is 14.9. The third-order valence-electron chi connectivity index (χ3n) is 2.99. The number of rotatable bonds is 5. The Morgan fingerprint density at radius 3 is 2.75 bits per heavy atom. The molecule has 2 atom stereocenters. The van der Waals surface area contributed by atoms with Gasteiger partial charge >= 0.3 is 0 Å². The quantitative estimate of drug-likeness (QED) is 0.653. The number of aryl methyl sites for hydroxylation is 2. The molecular formula is C14H19N3O2S. The van der Waals surface area contributed by atoms with E-state index in [1.54, 1.807) is 6.92 Å². The van der Waals surface area contributed by atoms with Crippen LogP contribution in [-0.4, -0.2) is 16.0 Å². The van der Waals surface area contributed by atoms with Crippen LogP contribution in [0.5, 0.6) is 0 Å². The fourth-order valence-corrected chi connectivity index (χ4v) is 3.11. The molecule has 20 heavy (non-hydrogen) atoms. The molecule has 0 aliphatic heterocycles. The van der Waals surface area contributed by atoms with Crippen LogP contribution in [0.25, 0.3) is 0 Å². The van der Waals surface area contributed by atoms with Crippen LogP contribution >= 0.6 is 11.8 Å². The Kier molecular flexibility index (Phi) is 4.67. The Hall–Kier alpha value is -1.53. The summed E-state index contributed by atoms with van der Waals surface area (Å²) in [5, 5.41) is 0.497. The van der Waals surface area contributed by atoms with Crippen molar-refractivity contribution in [2.24, 2.45) is 5.73 Å². The number of hydrogen-bond donors (Lipinski definition) is 2. The maximum absolute atomic E-state index is 11.5. The van der Waals surface area contributed by atoms with E-state index in [1.165, 1.54) is 17.8 Å². The van der Waals surface area contributed by atoms with E-state index >= 15 is 0 Å². The van der Waals surface area contributed by atoms with Crippen LogP contribution in [-0.2, 0) is 0 Å². The normalized spacial score (nSPS) is 14.2. The summed E-state index contributed by atoms with van der Waals surface area (Å²) in [7, 11) is 0. The van der Waals surface area contributed by atoms with Crippen molar-refractivity contribution in [1.82, 2.24) is 9.97 Å². The predicted octanol–water partition coefficient (Wildman–Crippen LogP) is 2.55. The molecule has 2 aromatic rings. The van der Waals surface area contributed by atoms with E-state index in [0.29, 0.717) is 10.9 Å². The van der Waals surface area contributed by atoms with Crippen molar-refractivity contribution >= 4 is 11.8 Å². The second-order valence-corrected chi connectivity index (χ2v) is 5.88. The van der Waals surface area contributed by atoms with Crippen LogP contribution in [0.15, 0.2) is 32.6 Å². The zero-order valence-electron chi connectivity index (χ0n) is 11.8. The number of aromatic amines is 1. The zero-order chi connectivity index (χ0) is 14.7. The molecule has 2 heterocycles. The number of hydrogen-bond acceptors (Lipinski definition) is 5. The van der Waals surface area contributed by atoms with Gasteiger partial charge in [-0.3, -0.25) is 4.79 Å². The van der Waals surface area contributed by atoms with Crippen molar-refractivity contribution in [3.63, 3.8) is 0 Å². The molecule has 0 saturated heterocycles. The molecule has 0 spiro atoms. The largest absolute Gasteiger partial charge is 0.465 e. The maximum Gasteiger partial charge on any atom is 0.251 e. The first-order valence-corrected chi connectivity index (χ1v) is 7.44. The summed E-state index contributed by atoms with van der Waals surface area (Å²) in [6.45, 7) is 5.72. The Balaban J connectivity index is 2.30. The summed E-state index contributed by atoms with van der Waals surface area (Å²) in [6.07, 6.45) is 0.813. The summed E-state index contributed by atoms with van der Waals surface area (Å²) >= 11 is 1.43. The highest BCUT2D eigenvalue weighted by Gasteiger charge is 2.24. The smallest absolute Gasteiger partial charge is 0.251 e. The van der Waals surface area contributed by atoms with E-state index in [1.807, 2.05) is 26.0 Å². The Morgan fingerprint density at radius 1 is 1.45 bits per heavy atom. The second-order valence-electron chi connectivity index (χ2n) is 4.75. The number of H-pyrrole nitrogens is 1. The molecule has 0 bridgehead atoms. The molecular weight excluding hydrogens is 274 g/mol. The lowest BCUT2D eigenvalue weighted by atomic mass is 10.1. The molecule has 0 fully saturated rings. The van der Waals surface area contributed by atoms with E-state index in [0.717, 1.165) is 17.9 Å². The average Bonchev–Trinajstić information content (AvgIpc) is 2.80. The highest BCUT2D eigenvalue weighted by molar-refractivity contribution is 7.99. The van der Waals surface area contributed by atoms with Crippen molar-refractivity contribution < 1.29 is 4.42 Å². The summed E-state index contributed by atoms with van der Waals surface area (Å²) in [6, 6.07) is 5.24. The number of nitrogens with one attached hydrogen (secondary N) is 1. The van der Waals surface area contributed by atoms with Crippen LogP contribution in [0.1, 0.15) is 35.8 Å². The number of nitrogens with zero attached hydrogens (tertiary/aromatic N) is 1. The van der Waals surface area contributed by atoms with Gasteiger partial charge in [-0.25, -0.2) is 4.98 Å². The van der Waals surface area contributed by atoms with E-state index in [4.69, 9.17) is 10.2 Å². The van der Waals surface area contributed by atoms with Gasteiger partial charge in [0, 0.05) is 17.8 Å². The average molecular weight is 293 g/mol. The molecule has 0 aromatic carbocycles. The van der Waals surface area contributed by atoms with Gasteiger partial charge in [0.05, 0.1) is 5.25 Å². The number of aromatic nitrogens is 2. The predicted molar refractivity (Wildman–Crippen MR) is 79.9 cm³/mol. The lowest BCUT2D eigenvalue weighted by molar-refractivity contribution is 0.454. The minimum atomic E-state index is -0.153. The number of nitrogens with two attached hydrogens (primary N) is 1. The van der Waals surface area contributed by atoms with Crippen LogP contribution in [0.2, 0.25) is 0 Å².